The van der Waals surface area contributed by atoms with E-state index in [1.807, 2.05) is 44.2 Å². The van der Waals surface area contributed by atoms with Gasteiger partial charge in [0.1, 0.15) is 24.2 Å². The second-order valence-corrected chi connectivity index (χ2v) is 23.1. The fourth-order valence-electron chi connectivity index (χ4n) is 9.37. The van der Waals surface area contributed by atoms with E-state index in [4.69, 9.17) is 15.9 Å². The van der Waals surface area contributed by atoms with Crippen LogP contribution in [0.1, 0.15) is 130 Å². The van der Waals surface area contributed by atoms with Crippen molar-refractivity contribution in [2.24, 2.45) is 17.6 Å². The van der Waals surface area contributed by atoms with Crippen LogP contribution in [-0.2, 0) is 52.7 Å². The van der Waals surface area contributed by atoms with E-state index in [-0.39, 0.29) is 52.8 Å². The molecule has 1 aromatic rings. The third-order valence-electron chi connectivity index (χ3n) is 13.5. The van der Waals surface area contributed by atoms with Crippen molar-refractivity contribution in [2.75, 3.05) is 31.6 Å². The van der Waals surface area contributed by atoms with Crippen LogP contribution in [0.25, 0.3) is 0 Å². The summed E-state index contributed by atoms with van der Waals surface area (Å²) in [5.41, 5.74) is 6.97. The van der Waals surface area contributed by atoms with Crippen LogP contribution in [0.15, 0.2) is 42.6 Å². The van der Waals surface area contributed by atoms with Crippen molar-refractivity contribution >= 4 is 88.5 Å². The first-order valence-electron chi connectivity index (χ1n) is 25.8. The van der Waals surface area contributed by atoms with Gasteiger partial charge in [-0.2, -0.15) is 0 Å². The fraction of sp³-hybridized carbons (Fsp3) is 0.635. The molecule has 7 atom stereocenters. The molecule has 1 spiro atoms. The number of carboxylic acids is 2. The number of Topliss-reactive ketones (excluding diaryl/α,β-unsaturated/α-hetero) is 1. The van der Waals surface area contributed by atoms with Crippen LogP contribution < -0.4 is 37.6 Å². The molecule has 3 aliphatic rings. The molecule has 2 saturated heterocycles. The van der Waals surface area contributed by atoms with Gasteiger partial charge in [-0.15, -0.1) is 23.5 Å². The van der Waals surface area contributed by atoms with E-state index >= 15 is 0 Å². The van der Waals surface area contributed by atoms with Crippen molar-refractivity contribution in [2.45, 2.75) is 165 Å². The minimum atomic E-state index is -1.31. The van der Waals surface area contributed by atoms with Gasteiger partial charge in [0.2, 0.25) is 47.1 Å². The van der Waals surface area contributed by atoms with Crippen molar-refractivity contribution in [3.05, 3.63) is 48.2 Å². The van der Waals surface area contributed by atoms with Crippen molar-refractivity contribution < 1.29 is 63.0 Å². The first kappa shape index (κ1) is 64.1. The normalized spacial score (nSPS) is 18.2. The number of rotatable bonds is 26. The molecule has 24 heteroatoms. The summed E-state index contributed by atoms with van der Waals surface area (Å²) in [6.45, 7) is 13.7. The Morgan fingerprint density at radius 3 is 1.86 bits per heavy atom. The van der Waals surface area contributed by atoms with Gasteiger partial charge in [-0.3, -0.25) is 52.7 Å². The molecule has 3 fully saturated rings. The Bertz CT molecular complexity index is 2240. The number of likely N-dealkylation sites (tertiary alicyclic amines) is 1. The smallest absolute Gasteiger partial charge is 0.303 e. The van der Waals surface area contributed by atoms with Crippen molar-refractivity contribution in [1.82, 2.24) is 41.7 Å². The molecule has 2 heterocycles. The van der Waals surface area contributed by atoms with E-state index in [9.17, 15) is 52.7 Å². The van der Waals surface area contributed by atoms with Crippen molar-refractivity contribution in [3.8, 4) is 0 Å². The molecule has 1 aromatic carbocycles. The summed E-state index contributed by atoms with van der Waals surface area (Å²) in [5, 5.41) is 33.5. The lowest BCUT2D eigenvalue weighted by Gasteiger charge is -2.31. The number of ketones is 1. The highest BCUT2D eigenvalue weighted by molar-refractivity contribution is 8.21. The van der Waals surface area contributed by atoms with Crippen LogP contribution >= 0.6 is 23.5 Å². The summed E-state index contributed by atoms with van der Waals surface area (Å²) in [5.74, 6) is -5.77. The highest BCUT2D eigenvalue weighted by Gasteiger charge is 2.51. The van der Waals surface area contributed by atoms with Gasteiger partial charge in [-0.25, -0.2) is 0 Å². The number of nitrogens with one attached hydrogen (secondary N) is 6. The summed E-state index contributed by atoms with van der Waals surface area (Å²) >= 11 is 3.52. The quantitative estimate of drug-likeness (QED) is 0.0602. The van der Waals surface area contributed by atoms with Crippen LogP contribution in [0.5, 0.6) is 0 Å². The molecule has 0 radical (unpaired) electrons. The van der Waals surface area contributed by atoms with Gasteiger partial charge in [0.15, 0.2) is 0 Å². The largest absolute Gasteiger partial charge is 0.481 e. The molecule has 4 rings (SSSR count). The second-order valence-electron chi connectivity index (χ2n) is 19.9. The number of amides is 8. The maximum atomic E-state index is 13.3. The number of hydrogen-bond donors (Lipinski definition) is 9. The minimum Gasteiger partial charge on any atom is -0.481 e. The number of nitrogens with zero attached hydrogens (tertiary/aromatic N) is 2. The number of benzene rings is 1. The molecular weight excluding hydrogens is 1020 g/mol. The Morgan fingerprint density at radius 1 is 0.776 bits per heavy atom. The lowest BCUT2D eigenvalue weighted by atomic mass is 9.84. The average molecular weight is 1100 g/mol. The number of thioether (sulfide) groups is 2. The summed E-state index contributed by atoms with van der Waals surface area (Å²) in [6.07, 6.45) is 5.44. The molecule has 8 amide bonds. The van der Waals surface area contributed by atoms with Gasteiger partial charge in [0, 0.05) is 69.9 Å². The molecule has 2 aliphatic heterocycles. The molecule has 76 heavy (non-hydrogen) atoms. The number of likely N-dealkylation sites (N-methyl/N-ethyl adjacent to an activating group) is 1. The summed E-state index contributed by atoms with van der Waals surface area (Å²) in [6, 6.07) is 3.22. The molecule has 1 aliphatic carbocycles. The average Bonchev–Trinajstić information content (AvgIpc) is 4.00. The van der Waals surface area contributed by atoms with Gasteiger partial charge in [0.25, 0.3) is 5.91 Å². The maximum absolute atomic E-state index is 13.3. The third-order valence-corrected chi connectivity index (χ3v) is 16.9. The second kappa shape index (κ2) is 31.1. The molecular formula is C52H79N9O13S2. The van der Waals surface area contributed by atoms with E-state index < -0.39 is 109 Å². The van der Waals surface area contributed by atoms with Crippen molar-refractivity contribution in [1.29, 1.82) is 0 Å². The van der Waals surface area contributed by atoms with Gasteiger partial charge in [-0.05, 0) is 56.4 Å². The Labute approximate surface area is 453 Å². The summed E-state index contributed by atoms with van der Waals surface area (Å²) in [4.78, 5) is 140. The van der Waals surface area contributed by atoms with Crippen LogP contribution in [0, 0.1) is 11.8 Å². The molecule has 6 unspecified atom stereocenters. The van der Waals surface area contributed by atoms with E-state index in [0.29, 0.717) is 25.3 Å². The number of nitrogens with two attached hydrogens (primary N) is 1. The standard InChI is InChI=1S/C27H37N5O5S2.C25H42N4O8/c1-5-9-20(30-25(36)21-14-27(38-12-13-39-27)16-32(21)18(3)33)24(35)26(37)29-15-22(34)31(4)23(17(2)28)19-10-7-6-8-11-19;1-14(2)22(25(37)26-15(3)17-8-6-5-7-9-17)29-24(36)19(11-13-21(33)34)28-23(35)18(27-16(4)30)10-12-20(31)32/h6-8,10-11,20-21,23H,2,5,9,12-16,28H2,1,3-4H3,(H,29,37)(H,30,36);14-15,17-19,22H,5-13H2,1-4H3,(H,26,37)(H,27,30)(H,28,35)(H,29,36)(H,31,32)(H,33,34)/t20?,21-,23?;/m0./s1. The fourth-order valence-corrected chi connectivity index (χ4v) is 12.6. The lowest BCUT2D eigenvalue weighted by molar-refractivity contribution is -0.142. The first-order valence-corrected chi connectivity index (χ1v) is 27.8. The monoisotopic (exact) mass is 1100 g/mol. The highest BCUT2D eigenvalue weighted by Crippen LogP contribution is 2.51. The lowest BCUT2D eigenvalue weighted by Crippen LogP contribution is -2.58. The molecule has 1 saturated carbocycles. The third kappa shape index (κ3) is 20.1. The van der Waals surface area contributed by atoms with Gasteiger partial charge < -0.3 is 57.6 Å². The predicted octanol–water partition coefficient (Wildman–Crippen LogP) is 2.36. The molecule has 22 nitrogen and oxygen atoms in total. The number of hydrogen-bond acceptors (Lipinski definition) is 14. The molecule has 0 bridgehead atoms. The number of carboxylic acid groups (broad SMARTS) is 2. The number of aliphatic carboxylic acids is 2. The molecule has 0 aromatic heterocycles. The Hall–Kier alpha value is -6.17. The van der Waals surface area contributed by atoms with Crippen LogP contribution in [0.2, 0.25) is 0 Å². The Balaban J connectivity index is 0.000000401. The Kier molecular flexibility index (Phi) is 26.3. The Morgan fingerprint density at radius 2 is 1.34 bits per heavy atom. The zero-order chi connectivity index (χ0) is 56.9. The first-order chi connectivity index (χ1) is 35.8. The topological polar surface area (TPSA) is 333 Å². The summed E-state index contributed by atoms with van der Waals surface area (Å²) < 4.78 is -0.214. The van der Waals surface area contributed by atoms with E-state index in [1.165, 1.54) is 18.2 Å². The van der Waals surface area contributed by atoms with Crippen LogP contribution in [-0.4, -0.2) is 157 Å². The van der Waals surface area contributed by atoms with E-state index in [0.717, 1.165) is 49.7 Å². The van der Waals surface area contributed by atoms with Gasteiger partial charge in [0.05, 0.1) is 22.7 Å². The van der Waals surface area contributed by atoms with E-state index in [2.05, 4.69) is 38.5 Å². The van der Waals surface area contributed by atoms with Crippen LogP contribution in [0.3, 0.4) is 0 Å². The van der Waals surface area contributed by atoms with Gasteiger partial charge in [-0.1, -0.05) is 83.4 Å². The highest BCUT2D eigenvalue weighted by atomic mass is 32.2. The van der Waals surface area contributed by atoms with Gasteiger partial charge >= 0.3 is 11.9 Å². The zero-order valence-electron chi connectivity index (χ0n) is 44.8. The van der Waals surface area contributed by atoms with Crippen LogP contribution in [0.4, 0.5) is 0 Å². The molecule has 422 valence electrons. The van der Waals surface area contributed by atoms with Crippen molar-refractivity contribution in [3.63, 3.8) is 0 Å². The van der Waals surface area contributed by atoms with E-state index in [1.54, 1.807) is 49.3 Å². The minimum absolute atomic E-state index is 0.0684. The maximum Gasteiger partial charge on any atom is 0.303 e. The SMILES string of the molecule is C=C(N)C(c1ccccc1)N(C)C(=O)CNC(=O)C(=O)C(CCC)NC(=O)[C@@H]1CC2(CN1C(C)=O)SCCS2.CC(=O)NC(CCC(=O)O)C(=O)NC(CCC(=O)O)C(=O)NC(C(=O)NC(C)C1CCCCC1)C(C)C. The zero-order valence-corrected chi connectivity index (χ0v) is 46.4. The number of carbonyl (C=O) groups excluding carboxylic acids is 9. The molecule has 10 N–H and O–H groups in total. The summed E-state index contributed by atoms with van der Waals surface area (Å²) in [7, 11) is 1.54. The predicted molar refractivity (Wildman–Crippen MR) is 288 cm³/mol. The number of carbonyl (C=O) groups is 11.